The van der Waals surface area contributed by atoms with Crippen LogP contribution < -0.4 is 18.9 Å². The summed E-state index contributed by atoms with van der Waals surface area (Å²) in [6, 6.07) is 10.5. The molecule has 0 radical (unpaired) electrons. The van der Waals surface area contributed by atoms with Crippen LogP contribution in [0.4, 0.5) is 4.79 Å². The van der Waals surface area contributed by atoms with Crippen molar-refractivity contribution in [1.82, 2.24) is 0 Å². The highest BCUT2D eigenvalue weighted by Crippen LogP contribution is 2.23. The molecule has 7 nitrogen and oxygen atoms in total. The van der Waals surface area contributed by atoms with Gasteiger partial charge in [0.2, 0.25) is 0 Å². The first-order valence-electron chi connectivity index (χ1n) is 7.82. The molecule has 0 amide bonds. The van der Waals surface area contributed by atoms with Crippen LogP contribution in [0.5, 0.6) is 23.0 Å². The SMILES string of the molecule is COc1cc(CO)cc(OC)c1.COc1cc(COC(=O)Cl)cc(OC)c1. The normalized spacial score (nSPS) is 9.56. The Morgan fingerprint density at radius 3 is 1.44 bits per heavy atom. The molecule has 148 valence electrons. The topological polar surface area (TPSA) is 83.5 Å². The monoisotopic (exact) mass is 398 g/mol. The molecular weight excluding hydrogens is 376 g/mol. The van der Waals surface area contributed by atoms with Crippen molar-refractivity contribution in [1.29, 1.82) is 0 Å². The number of carbonyl (C=O) groups excluding carboxylic acids is 1. The molecule has 0 fully saturated rings. The van der Waals surface area contributed by atoms with Crippen molar-refractivity contribution in [2.24, 2.45) is 0 Å². The highest BCUT2D eigenvalue weighted by molar-refractivity contribution is 6.61. The Hall–Kier alpha value is -2.64. The van der Waals surface area contributed by atoms with E-state index in [0.29, 0.717) is 23.0 Å². The average Bonchev–Trinajstić information content (AvgIpc) is 2.71. The molecule has 2 aromatic carbocycles. The lowest BCUT2D eigenvalue weighted by atomic mass is 10.2. The summed E-state index contributed by atoms with van der Waals surface area (Å²) in [6.45, 7) is 0.0868. The Morgan fingerprint density at radius 2 is 1.15 bits per heavy atom. The first-order chi connectivity index (χ1) is 12.9. The Labute approximate surface area is 163 Å². The fraction of sp³-hybridized carbons (Fsp3) is 0.316. The zero-order chi connectivity index (χ0) is 20.2. The van der Waals surface area contributed by atoms with Gasteiger partial charge in [-0.25, -0.2) is 4.79 Å². The first-order valence-corrected chi connectivity index (χ1v) is 8.20. The summed E-state index contributed by atoms with van der Waals surface area (Å²) >= 11 is 5.05. The molecule has 2 aromatic rings. The molecule has 2 rings (SSSR count). The number of carbonyl (C=O) groups is 1. The molecule has 0 bridgehead atoms. The number of methoxy groups -OCH3 is 4. The highest BCUT2D eigenvalue weighted by Gasteiger charge is 2.04. The van der Waals surface area contributed by atoms with Gasteiger partial charge in [0.05, 0.1) is 35.0 Å². The van der Waals surface area contributed by atoms with E-state index in [-0.39, 0.29) is 13.2 Å². The molecule has 1 N–H and O–H groups in total. The number of aliphatic hydroxyl groups excluding tert-OH is 1. The summed E-state index contributed by atoms with van der Waals surface area (Å²) in [7, 11) is 6.25. The number of ether oxygens (including phenoxy) is 5. The molecule has 0 aliphatic carbocycles. The summed E-state index contributed by atoms with van der Waals surface area (Å²) < 4.78 is 24.8. The Bertz CT molecular complexity index is 657. The van der Waals surface area contributed by atoms with Crippen LogP contribution in [0.3, 0.4) is 0 Å². The second-order valence-electron chi connectivity index (χ2n) is 5.13. The number of rotatable bonds is 7. The quantitative estimate of drug-likeness (QED) is 0.710. The van der Waals surface area contributed by atoms with Crippen molar-refractivity contribution in [3.05, 3.63) is 47.5 Å². The van der Waals surface area contributed by atoms with E-state index in [1.807, 2.05) is 0 Å². The van der Waals surface area contributed by atoms with E-state index >= 15 is 0 Å². The van der Waals surface area contributed by atoms with E-state index in [0.717, 1.165) is 11.1 Å². The Morgan fingerprint density at radius 1 is 0.778 bits per heavy atom. The molecule has 27 heavy (non-hydrogen) atoms. The number of hydrogen-bond donors (Lipinski definition) is 1. The van der Waals surface area contributed by atoms with E-state index in [1.54, 1.807) is 64.8 Å². The Kier molecular flexibility index (Phi) is 9.85. The van der Waals surface area contributed by atoms with E-state index < -0.39 is 5.43 Å². The van der Waals surface area contributed by atoms with Crippen molar-refractivity contribution >= 4 is 17.0 Å². The standard InChI is InChI=1S/C10H11ClO4.C9H12O3/c1-13-8-3-7(6-15-10(11)12)4-9(5-8)14-2;1-11-8-3-7(6-10)4-9(5-8)12-2/h3-5H,6H2,1-2H3;3-5,10H,6H2,1-2H3. The maximum absolute atomic E-state index is 10.4. The van der Waals surface area contributed by atoms with Gasteiger partial charge in [-0.15, -0.1) is 0 Å². The van der Waals surface area contributed by atoms with Crippen LogP contribution >= 0.6 is 11.6 Å². The van der Waals surface area contributed by atoms with Gasteiger partial charge < -0.3 is 28.8 Å². The molecule has 0 saturated heterocycles. The molecule has 0 heterocycles. The largest absolute Gasteiger partial charge is 0.497 e. The first kappa shape index (κ1) is 22.4. The maximum atomic E-state index is 10.4. The zero-order valence-corrected chi connectivity index (χ0v) is 16.4. The molecule has 0 spiro atoms. The fourth-order valence-electron chi connectivity index (χ4n) is 2.05. The van der Waals surface area contributed by atoms with Crippen LogP contribution in [0, 0.1) is 0 Å². The van der Waals surface area contributed by atoms with Crippen molar-refractivity contribution in [3.8, 4) is 23.0 Å². The lowest BCUT2D eigenvalue weighted by Crippen LogP contribution is -1.96. The third-order valence-electron chi connectivity index (χ3n) is 3.36. The lowest BCUT2D eigenvalue weighted by Gasteiger charge is -2.07. The van der Waals surface area contributed by atoms with Gasteiger partial charge in [-0.1, -0.05) is 0 Å². The van der Waals surface area contributed by atoms with Gasteiger partial charge in [-0.3, -0.25) is 0 Å². The highest BCUT2D eigenvalue weighted by atomic mass is 35.5. The molecule has 0 atom stereocenters. The average molecular weight is 399 g/mol. The van der Waals surface area contributed by atoms with Crippen LogP contribution in [0.2, 0.25) is 0 Å². The van der Waals surface area contributed by atoms with Gasteiger partial charge in [0, 0.05) is 23.7 Å². The predicted molar refractivity (Wildman–Crippen MR) is 101 cm³/mol. The number of benzene rings is 2. The van der Waals surface area contributed by atoms with Crippen LogP contribution in [0.15, 0.2) is 36.4 Å². The van der Waals surface area contributed by atoms with Crippen molar-refractivity contribution in [2.45, 2.75) is 13.2 Å². The van der Waals surface area contributed by atoms with Crippen LogP contribution in [0.25, 0.3) is 0 Å². The predicted octanol–water partition coefficient (Wildman–Crippen LogP) is 3.78. The van der Waals surface area contributed by atoms with Crippen molar-refractivity contribution in [3.63, 3.8) is 0 Å². The van der Waals surface area contributed by atoms with Gasteiger partial charge in [0.1, 0.15) is 29.6 Å². The minimum atomic E-state index is -0.836. The van der Waals surface area contributed by atoms with Crippen LogP contribution in [-0.4, -0.2) is 39.0 Å². The van der Waals surface area contributed by atoms with E-state index in [1.165, 1.54) is 0 Å². The number of halogens is 1. The molecule has 0 aliphatic heterocycles. The minimum Gasteiger partial charge on any atom is -0.497 e. The van der Waals surface area contributed by atoms with E-state index in [2.05, 4.69) is 4.74 Å². The van der Waals surface area contributed by atoms with E-state index in [4.69, 9.17) is 35.7 Å². The van der Waals surface area contributed by atoms with E-state index in [9.17, 15) is 4.79 Å². The lowest BCUT2D eigenvalue weighted by molar-refractivity contribution is 0.167. The van der Waals surface area contributed by atoms with Gasteiger partial charge in [0.15, 0.2) is 0 Å². The van der Waals surface area contributed by atoms with Gasteiger partial charge in [-0.05, 0) is 35.4 Å². The third-order valence-corrected chi connectivity index (χ3v) is 3.47. The summed E-state index contributed by atoms with van der Waals surface area (Å²) in [5.74, 6) is 2.65. The summed E-state index contributed by atoms with van der Waals surface area (Å²) in [5, 5.41) is 8.87. The summed E-state index contributed by atoms with van der Waals surface area (Å²) in [6.07, 6.45) is 0. The zero-order valence-electron chi connectivity index (χ0n) is 15.7. The summed E-state index contributed by atoms with van der Waals surface area (Å²) in [5.41, 5.74) is 0.697. The second kappa shape index (κ2) is 11.9. The molecule has 8 heteroatoms. The Balaban J connectivity index is 0.000000277. The van der Waals surface area contributed by atoms with Crippen molar-refractivity contribution < 1.29 is 33.6 Å². The molecule has 0 unspecified atom stereocenters. The molecule has 0 saturated carbocycles. The molecular formula is C19H23ClO7. The van der Waals surface area contributed by atoms with Gasteiger partial charge in [0.25, 0.3) is 0 Å². The van der Waals surface area contributed by atoms with Gasteiger partial charge >= 0.3 is 5.43 Å². The molecule has 0 aliphatic rings. The van der Waals surface area contributed by atoms with Gasteiger partial charge in [-0.2, -0.15) is 0 Å². The summed E-state index contributed by atoms with van der Waals surface area (Å²) in [4.78, 5) is 10.4. The minimum absolute atomic E-state index is 0.00639. The fourth-order valence-corrected chi connectivity index (χ4v) is 2.10. The van der Waals surface area contributed by atoms with Crippen LogP contribution in [0.1, 0.15) is 11.1 Å². The van der Waals surface area contributed by atoms with Crippen LogP contribution in [-0.2, 0) is 18.0 Å². The third kappa shape index (κ3) is 8.06. The second-order valence-corrected chi connectivity index (χ2v) is 5.43. The number of aliphatic hydroxyl groups is 1. The number of hydrogen-bond acceptors (Lipinski definition) is 7. The smallest absolute Gasteiger partial charge is 0.404 e. The maximum Gasteiger partial charge on any atom is 0.404 e. The van der Waals surface area contributed by atoms with Crippen molar-refractivity contribution in [2.75, 3.05) is 28.4 Å². The molecule has 0 aromatic heterocycles.